The van der Waals surface area contributed by atoms with Gasteiger partial charge in [0.15, 0.2) is 0 Å². The molecule has 0 nitrogen and oxygen atoms in total. The van der Waals surface area contributed by atoms with E-state index in [1.165, 1.54) is 50.1 Å². The van der Waals surface area contributed by atoms with Crippen molar-refractivity contribution >= 4 is 0 Å². The van der Waals surface area contributed by atoms with Crippen molar-refractivity contribution in [3.8, 4) is 0 Å². The lowest BCUT2D eigenvalue weighted by molar-refractivity contribution is 1.48. The van der Waals surface area contributed by atoms with Crippen LogP contribution < -0.4 is 0 Å². The highest BCUT2D eigenvalue weighted by molar-refractivity contribution is 5.16. The van der Waals surface area contributed by atoms with Crippen LogP contribution >= 0.6 is 0 Å². The third-order valence-electron chi connectivity index (χ3n) is 8.46. The minimum atomic E-state index is 1.32. The predicted molar refractivity (Wildman–Crippen MR) is 281 cm³/mol. The molecule has 0 aliphatic carbocycles. The van der Waals surface area contributed by atoms with Crippen LogP contribution in [0.1, 0.15) is 50.1 Å². The van der Waals surface area contributed by atoms with Crippen molar-refractivity contribution in [1.29, 1.82) is 0 Å². The van der Waals surface area contributed by atoms with E-state index in [2.05, 4.69) is 172 Å². The molecule has 0 radical (unpaired) electrons. The molecule has 63 heavy (non-hydrogen) atoms. The summed E-state index contributed by atoms with van der Waals surface area (Å²) in [6.07, 6.45) is 0. The third-order valence-corrected chi connectivity index (χ3v) is 8.46. The molecule has 0 aromatic heterocycles. The van der Waals surface area contributed by atoms with Gasteiger partial charge in [-0.2, -0.15) is 0 Å². The van der Waals surface area contributed by atoms with Gasteiger partial charge in [-0.3, -0.25) is 0 Å². The van der Waals surface area contributed by atoms with E-state index in [1.54, 1.807) is 0 Å². The summed E-state index contributed by atoms with van der Waals surface area (Å²) < 4.78 is 0. The van der Waals surface area contributed by atoms with Gasteiger partial charge in [-0.15, -0.1) is 0 Å². The number of aryl methyl sites for hydroxylation is 9. The van der Waals surface area contributed by atoms with Gasteiger partial charge in [0.2, 0.25) is 0 Å². The smallest absolute Gasteiger partial charge is 0.0398 e. The van der Waals surface area contributed by atoms with Gasteiger partial charge in [-0.1, -0.05) is 323 Å². The second kappa shape index (κ2) is 37.9. The Morgan fingerprint density at radius 2 is 0.175 bits per heavy atom. The van der Waals surface area contributed by atoms with Crippen molar-refractivity contribution in [2.45, 2.75) is 62.3 Å². The average Bonchev–Trinajstić information content (AvgIpc) is 3.31. The van der Waals surface area contributed by atoms with Gasteiger partial charge in [0.05, 0.1) is 0 Å². The zero-order valence-electron chi connectivity index (χ0n) is 39.5. The molecule has 0 saturated heterocycles. The van der Waals surface area contributed by atoms with E-state index < -0.39 is 0 Å². The Hall–Kier alpha value is -7.02. The molecule has 0 spiro atoms. The molecule has 0 N–H and O–H groups in total. The number of rotatable bonds is 0. The predicted octanol–water partition coefficient (Wildman–Crippen LogP) is 18.0. The van der Waals surface area contributed by atoms with Crippen molar-refractivity contribution < 1.29 is 0 Å². The van der Waals surface area contributed by atoms with Crippen LogP contribution in [-0.4, -0.2) is 0 Å². The van der Waals surface area contributed by atoms with E-state index in [0.29, 0.717) is 0 Å². The molecule has 9 aromatic carbocycles. The fraction of sp³-hybridized carbons (Fsp3) is 0.143. The summed E-state index contributed by atoms with van der Waals surface area (Å²) >= 11 is 0. The molecule has 0 fully saturated rings. The van der Waals surface area contributed by atoms with Gasteiger partial charge in [0.1, 0.15) is 0 Å². The number of hydrogen-bond donors (Lipinski definition) is 0. The van der Waals surface area contributed by atoms with Crippen LogP contribution in [-0.2, 0) is 0 Å². The maximum absolute atomic E-state index is 2.08. The standard InChI is InChI=1S/9C7H8/c9*1-7-5-3-2-4-6-7/h9*2-6H,1H3. The molecule has 0 saturated carbocycles. The molecule has 9 aromatic rings. The van der Waals surface area contributed by atoms with Crippen molar-refractivity contribution in [3.05, 3.63) is 323 Å². The van der Waals surface area contributed by atoms with Crippen molar-refractivity contribution in [1.82, 2.24) is 0 Å². The van der Waals surface area contributed by atoms with Crippen molar-refractivity contribution in [2.24, 2.45) is 0 Å². The van der Waals surface area contributed by atoms with Crippen molar-refractivity contribution in [2.75, 3.05) is 0 Å². The SMILES string of the molecule is Cc1ccccc1.Cc1ccccc1.Cc1ccccc1.Cc1ccccc1.Cc1ccccc1.Cc1ccccc1.Cc1ccccc1.Cc1ccccc1.Cc1ccccc1. The fourth-order valence-corrected chi connectivity index (χ4v) is 4.81. The lowest BCUT2D eigenvalue weighted by atomic mass is 10.2. The normalized spacial score (nSPS) is 8.71. The molecule has 0 aliphatic heterocycles. The lowest BCUT2D eigenvalue weighted by Crippen LogP contribution is -1.62. The van der Waals surface area contributed by atoms with E-state index in [4.69, 9.17) is 0 Å². The highest BCUT2D eigenvalue weighted by Gasteiger charge is 1.77. The Kier molecular flexibility index (Phi) is 32.5. The molecule has 0 amide bonds. The number of hydrogen-bond acceptors (Lipinski definition) is 0. The first kappa shape index (κ1) is 54.0. The highest BCUT2D eigenvalue weighted by Crippen LogP contribution is 1.97. The summed E-state index contributed by atoms with van der Waals surface area (Å²) in [5.41, 5.74) is 11.9. The van der Waals surface area contributed by atoms with Crippen LogP contribution in [0.25, 0.3) is 0 Å². The van der Waals surface area contributed by atoms with Crippen LogP contribution in [0.3, 0.4) is 0 Å². The quantitative estimate of drug-likeness (QED) is 0.143. The highest BCUT2D eigenvalue weighted by atomic mass is 13.8. The topological polar surface area (TPSA) is 0 Å². The Balaban J connectivity index is 0.000000354. The Morgan fingerprint density at radius 3 is 0.206 bits per heavy atom. The maximum Gasteiger partial charge on any atom is -0.0398 e. The van der Waals surface area contributed by atoms with Gasteiger partial charge in [0, 0.05) is 0 Å². The Morgan fingerprint density at radius 1 is 0.111 bits per heavy atom. The molecule has 0 unspecified atom stereocenters. The van der Waals surface area contributed by atoms with Gasteiger partial charge >= 0.3 is 0 Å². The third kappa shape index (κ3) is 36.5. The van der Waals surface area contributed by atoms with E-state index in [0.717, 1.165) is 0 Å². The molecule has 0 heteroatoms. The molecule has 0 atom stereocenters. The maximum atomic E-state index is 2.08. The Bertz CT molecular complexity index is 1700. The molecule has 0 heterocycles. The molecule has 324 valence electrons. The monoisotopic (exact) mass is 829 g/mol. The first-order valence-electron chi connectivity index (χ1n) is 21.7. The van der Waals surface area contributed by atoms with Crippen LogP contribution in [0.5, 0.6) is 0 Å². The second-order valence-electron chi connectivity index (χ2n) is 14.9. The van der Waals surface area contributed by atoms with Crippen LogP contribution in [0.2, 0.25) is 0 Å². The molecular weight excluding hydrogens is 757 g/mol. The zero-order chi connectivity index (χ0) is 46.0. The summed E-state index contributed by atoms with van der Waals surface area (Å²) in [4.78, 5) is 0. The Labute approximate surface area is 383 Å². The first-order chi connectivity index (χ1) is 30.5. The largest absolute Gasteiger partial charge is 0.0622 e. The van der Waals surface area contributed by atoms with E-state index in [1.807, 2.05) is 164 Å². The molecule has 0 bridgehead atoms. The van der Waals surface area contributed by atoms with E-state index in [-0.39, 0.29) is 0 Å². The van der Waals surface area contributed by atoms with E-state index in [9.17, 15) is 0 Å². The summed E-state index contributed by atoms with van der Waals surface area (Å²) in [5, 5.41) is 0. The van der Waals surface area contributed by atoms with Crippen LogP contribution in [0.15, 0.2) is 273 Å². The summed E-state index contributed by atoms with van der Waals surface area (Å²) in [7, 11) is 0. The van der Waals surface area contributed by atoms with Gasteiger partial charge < -0.3 is 0 Å². The minimum Gasteiger partial charge on any atom is -0.0622 e. The first-order valence-corrected chi connectivity index (χ1v) is 21.7. The average molecular weight is 829 g/mol. The van der Waals surface area contributed by atoms with Gasteiger partial charge in [0.25, 0.3) is 0 Å². The minimum absolute atomic E-state index is 1.32. The summed E-state index contributed by atoms with van der Waals surface area (Å²) in [6.45, 7) is 18.8. The van der Waals surface area contributed by atoms with Crippen molar-refractivity contribution in [3.63, 3.8) is 0 Å². The summed E-state index contributed by atoms with van der Waals surface area (Å²) in [5.74, 6) is 0. The lowest BCUT2D eigenvalue weighted by Gasteiger charge is -1.82. The van der Waals surface area contributed by atoms with E-state index >= 15 is 0 Å². The van der Waals surface area contributed by atoms with Crippen LogP contribution in [0.4, 0.5) is 0 Å². The number of benzene rings is 9. The zero-order valence-corrected chi connectivity index (χ0v) is 39.5. The molecule has 9 rings (SSSR count). The molecular formula is C63H72. The fourth-order valence-electron chi connectivity index (χ4n) is 4.81. The summed E-state index contributed by atoms with van der Waals surface area (Å²) in [6, 6.07) is 92.4. The van der Waals surface area contributed by atoms with Crippen LogP contribution in [0, 0.1) is 62.3 Å². The molecule has 0 aliphatic rings. The van der Waals surface area contributed by atoms with Gasteiger partial charge in [-0.05, 0) is 62.3 Å². The second-order valence-corrected chi connectivity index (χ2v) is 14.9. The van der Waals surface area contributed by atoms with Gasteiger partial charge in [-0.25, -0.2) is 0 Å².